The van der Waals surface area contributed by atoms with Crippen molar-refractivity contribution in [2.75, 3.05) is 147 Å². The van der Waals surface area contributed by atoms with E-state index in [1.165, 1.54) is 0 Å². The molecule has 0 unspecified atom stereocenters. The summed E-state index contributed by atoms with van der Waals surface area (Å²) in [6, 6.07) is 1.47. The van der Waals surface area contributed by atoms with E-state index in [1.807, 2.05) is 0 Å². The summed E-state index contributed by atoms with van der Waals surface area (Å²) >= 11 is 0. The molecule has 0 amide bonds. The van der Waals surface area contributed by atoms with Crippen LogP contribution in [-0.2, 0) is 0 Å². The van der Waals surface area contributed by atoms with Gasteiger partial charge in [0.05, 0.1) is 0 Å². The molecule has 125 heavy (non-hydrogen) atoms. The summed E-state index contributed by atoms with van der Waals surface area (Å²) in [5.74, 6) is 7.08. The summed E-state index contributed by atoms with van der Waals surface area (Å²) in [5, 5.41) is 12.1. The molecule has 0 radical (unpaired) electrons. The summed E-state index contributed by atoms with van der Waals surface area (Å²) in [4.78, 5) is 82.6. The fourth-order valence-corrected chi connectivity index (χ4v) is 23.7. The second-order valence-electron chi connectivity index (χ2n) is 47.9. The number of hydrogen-bond acceptors (Lipinski definition) is 24. The van der Waals surface area contributed by atoms with E-state index in [1.54, 1.807) is 0 Å². The van der Waals surface area contributed by atoms with E-state index in [4.69, 9.17) is 44.9 Å². The minimum Gasteiger partial charge on any atom is -0.354 e. The molecule has 6 saturated heterocycles. The fourth-order valence-electron chi connectivity index (χ4n) is 23.7. The molecule has 0 saturated carbocycles. The van der Waals surface area contributed by atoms with E-state index in [2.05, 4.69) is 325 Å². The van der Waals surface area contributed by atoms with Crippen LogP contribution in [0.4, 0.5) is 53.5 Å². The Bertz CT molecular complexity index is 3350. The van der Waals surface area contributed by atoms with Gasteiger partial charge in [-0.2, -0.15) is 44.9 Å². The van der Waals surface area contributed by atoms with Crippen LogP contribution in [0.25, 0.3) is 0 Å². The Morgan fingerprint density at radius 2 is 0.392 bits per heavy atom. The molecule has 9 heterocycles. The van der Waals surface area contributed by atoms with Gasteiger partial charge >= 0.3 is 0 Å². The summed E-state index contributed by atoms with van der Waals surface area (Å²) in [5.41, 5.74) is -0.341. The van der Waals surface area contributed by atoms with Crippen LogP contribution in [0.1, 0.15) is 387 Å². The van der Waals surface area contributed by atoms with Crippen molar-refractivity contribution in [3.05, 3.63) is 0 Å². The maximum atomic E-state index is 5.81. The van der Waals surface area contributed by atoms with E-state index in [-0.39, 0.29) is 109 Å². The number of rotatable bonds is 43. The van der Waals surface area contributed by atoms with Gasteiger partial charge in [-0.3, -0.25) is 29.4 Å². The molecule has 0 aromatic carbocycles. The van der Waals surface area contributed by atoms with Gasteiger partial charge in [-0.1, -0.05) is 80.1 Å². The van der Waals surface area contributed by atoms with Crippen molar-refractivity contribution in [2.24, 2.45) is 5.92 Å². The molecule has 3 N–H and O–H groups in total. The third-order valence-electron chi connectivity index (χ3n) is 32.9. The van der Waals surface area contributed by atoms with Crippen LogP contribution >= 0.6 is 0 Å². The highest BCUT2D eigenvalue weighted by Gasteiger charge is 2.53. The summed E-state index contributed by atoms with van der Waals surface area (Å²) in [7, 11) is 14.0. The maximum Gasteiger partial charge on any atom is 0.232 e. The molecule has 24 nitrogen and oxygen atoms in total. The number of likely N-dealkylation sites (tertiary alicyclic amines) is 6. The second kappa shape index (κ2) is 41.4. The lowest BCUT2D eigenvalue weighted by atomic mass is 9.77. The van der Waals surface area contributed by atoms with E-state index in [9.17, 15) is 0 Å². The Labute approximate surface area is 766 Å². The number of unbranched alkanes of at least 4 members (excludes halogenated alkanes) is 6. The first kappa shape index (κ1) is 104. The van der Waals surface area contributed by atoms with Crippen molar-refractivity contribution in [1.82, 2.24) is 74.3 Å². The molecule has 9 rings (SSSR count). The van der Waals surface area contributed by atoms with Crippen LogP contribution < -0.4 is 45.3 Å². The minimum atomic E-state index is -0.0369. The molecule has 0 bridgehead atoms. The molecular weight excluding hydrogens is 1550 g/mol. The standard InChI is InChI=1S/C101H192N24/c1-37-43-55-120(75-61-90(7,8)114(31)91(9,10)62-75)84-105-81(106-85(111-84)121(56-44-38-2)76-63-92(11,12)115(32)93(13,14)64-76)102-53-49-51-74(73-104-83-109-88(124(59-47-41-5)79-69-98(23,24)118(35)99(25,26)70-79)113-89(110-83)125(60-48-42-6)80-71-100(27,28)119(36)101(29,30)72-80)52-50-54-103-82-107-86(122(57-45-39-3)77-65-94(15,16)116(33)95(17,18)66-77)112-87(108-82)123(58-46-40-4)78-67-96(19,20)117(34)97(21,22)68-78/h74-80H,37-73H2,1-36H3,(H,102,105,106,111)(H,103,107,108,112)(H,104,109,110,113). The van der Waals surface area contributed by atoms with E-state index < -0.39 is 0 Å². The fraction of sp³-hybridized carbons (Fsp3) is 0.911. The van der Waals surface area contributed by atoms with Crippen molar-refractivity contribution in [3.63, 3.8) is 0 Å². The van der Waals surface area contributed by atoms with Gasteiger partial charge in [0.1, 0.15) is 0 Å². The molecule has 0 aliphatic carbocycles. The van der Waals surface area contributed by atoms with E-state index >= 15 is 0 Å². The van der Waals surface area contributed by atoms with Crippen molar-refractivity contribution < 1.29 is 0 Å². The van der Waals surface area contributed by atoms with Crippen molar-refractivity contribution in [1.29, 1.82) is 0 Å². The summed E-state index contributed by atoms with van der Waals surface area (Å²) < 4.78 is 0. The van der Waals surface area contributed by atoms with Gasteiger partial charge in [-0.05, 0) is 356 Å². The number of piperidine rings is 6. The first-order valence-electron chi connectivity index (χ1n) is 50.6. The molecule has 6 aliphatic heterocycles. The molecule has 3 aromatic heterocycles. The van der Waals surface area contributed by atoms with Crippen LogP contribution in [0, 0.1) is 5.92 Å². The zero-order valence-electron chi connectivity index (χ0n) is 87.6. The summed E-state index contributed by atoms with van der Waals surface area (Å²) in [6.45, 7) is 79.7. The molecule has 0 spiro atoms. The Kier molecular flexibility index (Phi) is 34.4. The van der Waals surface area contributed by atoms with Crippen LogP contribution in [-0.4, -0.2) is 278 Å². The number of nitrogens with one attached hydrogen (secondary N) is 3. The van der Waals surface area contributed by atoms with Crippen molar-refractivity contribution in [2.45, 2.75) is 490 Å². The van der Waals surface area contributed by atoms with Gasteiger partial charge in [0.25, 0.3) is 0 Å². The Morgan fingerprint density at radius 1 is 0.240 bits per heavy atom. The predicted molar refractivity (Wildman–Crippen MR) is 534 cm³/mol. The Balaban J connectivity index is 1.15. The highest BCUT2D eigenvalue weighted by molar-refractivity contribution is 5.51. The normalized spacial score (nSPS) is 23.1. The lowest BCUT2D eigenvalue weighted by Gasteiger charge is -2.56. The maximum absolute atomic E-state index is 5.81. The van der Waals surface area contributed by atoms with Gasteiger partial charge in [0.2, 0.25) is 53.5 Å². The first-order valence-corrected chi connectivity index (χ1v) is 50.6. The molecule has 716 valence electrons. The monoisotopic (exact) mass is 1740 g/mol. The molecule has 6 fully saturated rings. The topological polar surface area (TPSA) is 191 Å². The zero-order valence-corrected chi connectivity index (χ0v) is 87.6. The SMILES string of the molecule is CCCCN(c1nc(NCCCC(CCCNc2nc(N(CCCC)C3CC(C)(C)N(C)C(C)(C)C3)nc(N(CCCC)C3CC(C)(C)N(C)C(C)(C)C3)n2)CNc2nc(N(CCCC)C3CC(C)(C)N(C)C(C)(C)C3)nc(N(CCCC)C3CC(C)(C)N(C)C(C)(C)C3)n2)nc(N(CCCC)C2CC(C)(C)N(C)C(C)(C)C2)n1)C1CC(C)(C)N(C)C(C)(C)C1. The van der Waals surface area contributed by atoms with E-state index in [0.717, 1.165) is 255 Å². The van der Waals surface area contributed by atoms with Gasteiger partial charge in [-0.25, -0.2) is 0 Å². The van der Waals surface area contributed by atoms with Crippen LogP contribution in [0.15, 0.2) is 0 Å². The van der Waals surface area contributed by atoms with E-state index in [0.29, 0.717) is 37.5 Å². The molecule has 24 heteroatoms. The van der Waals surface area contributed by atoms with Crippen molar-refractivity contribution in [3.8, 4) is 0 Å². The van der Waals surface area contributed by atoms with Crippen LogP contribution in [0.5, 0.6) is 0 Å². The largest absolute Gasteiger partial charge is 0.354 e. The average molecular weight is 1740 g/mol. The molecule has 0 atom stereocenters. The summed E-state index contributed by atoms with van der Waals surface area (Å²) in [6.07, 6.45) is 28.7. The predicted octanol–water partition coefficient (Wildman–Crippen LogP) is 20.6. The number of anilines is 9. The third-order valence-corrected chi connectivity index (χ3v) is 32.9. The lowest BCUT2D eigenvalue weighted by molar-refractivity contribution is -0.0135. The van der Waals surface area contributed by atoms with Gasteiger partial charge in [0, 0.05) is 162 Å². The zero-order chi connectivity index (χ0) is 92.8. The smallest absolute Gasteiger partial charge is 0.232 e. The van der Waals surface area contributed by atoms with Gasteiger partial charge < -0.3 is 45.3 Å². The number of nitrogens with zero attached hydrogens (tertiary/aromatic N) is 21. The number of aromatic nitrogens is 9. The molecule has 3 aromatic rings. The van der Waals surface area contributed by atoms with Gasteiger partial charge in [-0.15, -0.1) is 0 Å². The van der Waals surface area contributed by atoms with Crippen molar-refractivity contribution >= 4 is 53.5 Å². The highest BCUT2D eigenvalue weighted by Crippen LogP contribution is 2.48. The lowest BCUT2D eigenvalue weighted by Crippen LogP contribution is -2.63. The first-order chi connectivity index (χ1) is 58.1. The molecule has 6 aliphatic rings. The minimum absolute atomic E-state index is 0.0242. The Hall–Kier alpha value is -5.01. The Morgan fingerprint density at radius 3 is 0.544 bits per heavy atom. The second-order valence-corrected chi connectivity index (χ2v) is 47.9. The third kappa shape index (κ3) is 25.2. The van der Waals surface area contributed by atoms with Gasteiger partial charge in [0.15, 0.2) is 0 Å². The average Bonchev–Trinajstić information content (AvgIpc) is 0.741. The van der Waals surface area contributed by atoms with Crippen LogP contribution in [0.3, 0.4) is 0 Å². The highest BCUT2D eigenvalue weighted by atomic mass is 15.4. The van der Waals surface area contributed by atoms with Crippen LogP contribution in [0.2, 0.25) is 0 Å². The molecular formula is C101H192N24. The quantitative estimate of drug-likeness (QED) is 0.0453. The number of hydrogen-bond donors (Lipinski definition) is 3.